The van der Waals surface area contributed by atoms with Crippen LogP contribution >= 0.6 is 0 Å². The fourth-order valence-electron chi connectivity index (χ4n) is 2.06. The predicted octanol–water partition coefficient (Wildman–Crippen LogP) is 1.91. The summed E-state index contributed by atoms with van der Waals surface area (Å²) in [6.07, 6.45) is 0.697. The first kappa shape index (κ1) is 16.1. The molecule has 0 aliphatic heterocycles. The summed E-state index contributed by atoms with van der Waals surface area (Å²) < 4.78 is 27.2. The van der Waals surface area contributed by atoms with Gasteiger partial charge in [0.25, 0.3) is 0 Å². The van der Waals surface area contributed by atoms with E-state index < -0.39 is 10.0 Å². The van der Waals surface area contributed by atoms with Crippen LogP contribution < -0.4 is 10.0 Å². The number of hydrogen-bond donors (Lipinski definition) is 2. The van der Waals surface area contributed by atoms with Gasteiger partial charge in [-0.1, -0.05) is 25.1 Å². The van der Waals surface area contributed by atoms with Crippen molar-refractivity contribution in [2.75, 3.05) is 6.54 Å². The highest BCUT2D eigenvalue weighted by Crippen LogP contribution is 2.17. The second-order valence-corrected chi connectivity index (χ2v) is 6.73. The second-order valence-electron chi connectivity index (χ2n) is 5.05. The van der Waals surface area contributed by atoms with E-state index in [-0.39, 0.29) is 12.1 Å². The minimum absolute atomic E-state index is 0.107. The van der Waals surface area contributed by atoms with Crippen LogP contribution in [-0.4, -0.2) is 27.0 Å². The molecule has 0 aliphatic rings. The number of benzene rings is 1. The van der Waals surface area contributed by atoms with Crippen molar-refractivity contribution in [3.05, 3.63) is 29.8 Å². The van der Waals surface area contributed by atoms with E-state index in [9.17, 15) is 8.42 Å². The van der Waals surface area contributed by atoms with Gasteiger partial charge in [0.1, 0.15) is 0 Å². The molecule has 2 N–H and O–H groups in total. The van der Waals surface area contributed by atoms with Gasteiger partial charge >= 0.3 is 0 Å². The highest BCUT2D eigenvalue weighted by atomic mass is 32.2. The standard InChI is InChI=1S/C14H24N2O2S/c1-5-15-12(4)10-13-8-6-7-9-14(13)19(17,18)16-11(2)3/h6-9,11-12,15-16H,5,10H2,1-4H3. The molecule has 1 unspecified atom stereocenters. The van der Waals surface area contributed by atoms with Crippen LogP contribution in [-0.2, 0) is 16.4 Å². The predicted molar refractivity (Wildman–Crippen MR) is 78.7 cm³/mol. The van der Waals surface area contributed by atoms with Crippen LogP contribution in [0.2, 0.25) is 0 Å². The van der Waals surface area contributed by atoms with Crippen molar-refractivity contribution in [2.24, 2.45) is 0 Å². The molecule has 0 saturated carbocycles. The summed E-state index contributed by atoms with van der Waals surface area (Å²) in [5.41, 5.74) is 0.851. The third-order valence-electron chi connectivity index (χ3n) is 2.73. The summed E-state index contributed by atoms with van der Waals surface area (Å²) in [6, 6.07) is 7.32. The van der Waals surface area contributed by atoms with Crippen molar-refractivity contribution in [2.45, 2.75) is 51.1 Å². The summed E-state index contributed by atoms with van der Waals surface area (Å²) in [5, 5.41) is 3.30. The summed E-state index contributed by atoms with van der Waals surface area (Å²) in [7, 11) is -3.43. The molecule has 0 radical (unpaired) electrons. The average molecular weight is 284 g/mol. The largest absolute Gasteiger partial charge is 0.314 e. The van der Waals surface area contributed by atoms with Crippen LogP contribution in [0.1, 0.15) is 33.3 Å². The first-order chi connectivity index (χ1) is 8.86. The van der Waals surface area contributed by atoms with Crippen molar-refractivity contribution in [3.8, 4) is 0 Å². The number of nitrogens with one attached hydrogen (secondary N) is 2. The van der Waals surface area contributed by atoms with Gasteiger partial charge in [-0.05, 0) is 45.4 Å². The fraction of sp³-hybridized carbons (Fsp3) is 0.571. The van der Waals surface area contributed by atoms with Gasteiger partial charge in [0.15, 0.2) is 0 Å². The highest BCUT2D eigenvalue weighted by molar-refractivity contribution is 7.89. The Morgan fingerprint density at radius 3 is 2.37 bits per heavy atom. The van der Waals surface area contributed by atoms with E-state index in [1.165, 1.54) is 0 Å². The quantitative estimate of drug-likeness (QED) is 0.804. The van der Waals surface area contributed by atoms with Gasteiger partial charge in [-0.3, -0.25) is 0 Å². The Labute approximate surface area is 116 Å². The van der Waals surface area contributed by atoms with Gasteiger partial charge in [0.05, 0.1) is 4.90 Å². The lowest BCUT2D eigenvalue weighted by Gasteiger charge is -2.16. The van der Waals surface area contributed by atoms with Gasteiger partial charge in [0.2, 0.25) is 10.0 Å². The van der Waals surface area contributed by atoms with Gasteiger partial charge in [-0.2, -0.15) is 0 Å². The van der Waals surface area contributed by atoms with Crippen LogP contribution in [0.25, 0.3) is 0 Å². The third-order valence-corrected chi connectivity index (χ3v) is 4.49. The Kier molecular flexibility index (Phi) is 5.97. The molecule has 0 aliphatic carbocycles. The molecule has 1 aromatic rings. The summed E-state index contributed by atoms with van der Waals surface area (Å²) in [5.74, 6) is 0. The van der Waals surface area contributed by atoms with Crippen molar-refractivity contribution >= 4 is 10.0 Å². The first-order valence-electron chi connectivity index (χ1n) is 6.70. The lowest BCUT2D eigenvalue weighted by atomic mass is 10.1. The van der Waals surface area contributed by atoms with Gasteiger partial charge in [0, 0.05) is 12.1 Å². The van der Waals surface area contributed by atoms with Crippen molar-refractivity contribution in [1.29, 1.82) is 0 Å². The molecule has 19 heavy (non-hydrogen) atoms. The maximum absolute atomic E-state index is 12.3. The Morgan fingerprint density at radius 1 is 1.16 bits per heavy atom. The molecule has 0 fully saturated rings. The molecular formula is C14H24N2O2S. The van der Waals surface area contributed by atoms with Gasteiger partial charge < -0.3 is 5.32 Å². The van der Waals surface area contributed by atoms with Crippen molar-refractivity contribution < 1.29 is 8.42 Å². The molecule has 4 nitrogen and oxygen atoms in total. The summed E-state index contributed by atoms with van der Waals surface area (Å²) in [4.78, 5) is 0.383. The number of hydrogen-bond acceptors (Lipinski definition) is 3. The monoisotopic (exact) mass is 284 g/mol. The fourth-order valence-corrected chi connectivity index (χ4v) is 3.56. The van der Waals surface area contributed by atoms with E-state index in [1.54, 1.807) is 12.1 Å². The number of likely N-dealkylation sites (N-methyl/N-ethyl adjacent to an activating group) is 1. The zero-order valence-electron chi connectivity index (χ0n) is 12.1. The number of sulfonamides is 1. The van der Waals surface area contributed by atoms with Crippen molar-refractivity contribution in [3.63, 3.8) is 0 Å². The highest BCUT2D eigenvalue weighted by Gasteiger charge is 2.19. The lowest BCUT2D eigenvalue weighted by Crippen LogP contribution is -2.32. The Bertz CT molecular complexity index is 498. The van der Waals surface area contributed by atoms with E-state index >= 15 is 0 Å². The van der Waals surface area contributed by atoms with E-state index in [1.807, 2.05) is 32.9 Å². The normalized spacial score (nSPS) is 13.7. The maximum atomic E-state index is 12.3. The minimum Gasteiger partial charge on any atom is -0.314 e. The molecule has 0 amide bonds. The Balaban J connectivity index is 3.02. The van der Waals surface area contributed by atoms with E-state index in [0.29, 0.717) is 11.3 Å². The molecular weight excluding hydrogens is 260 g/mol. The van der Waals surface area contributed by atoms with E-state index in [4.69, 9.17) is 0 Å². The average Bonchev–Trinajstić information content (AvgIpc) is 2.28. The zero-order chi connectivity index (χ0) is 14.5. The second kappa shape index (κ2) is 7.03. The minimum atomic E-state index is -3.43. The number of rotatable bonds is 7. The molecule has 0 heterocycles. The van der Waals surface area contributed by atoms with Gasteiger partial charge in [-0.15, -0.1) is 0 Å². The summed E-state index contributed by atoms with van der Waals surface area (Å²) >= 11 is 0. The van der Waals surface area contributed by atoms with Crippen LogP contribution in [0.3, 0.4) is 0 Å². The molecule has 0 saturated heterocycles. The lowest BCUT2D eigenvalue weighted by molar-refractivity contribution is 0.552. The van der Waals surface area contributed by atoms with Crippen LogP contribution in [0.5, 0.6) is 0 Å². The Hall–Kier alpha value is -0.910. The van der Waals surface area contributed by atoms with E-state index in [0.717, 1.165) is 12.1 Å². The topological polar surface area (TPSA) is 58.2 Å². The first-order valence-corrected chi connectivity index (χ1v) is 8.18. The summed E-state index contributed by atoms with van der Waals surface area (Å²) in [6.45, 7) is 8.62. The molecule has 1 rings (SSSR count). The molecule has 108 valence electrons. The molecule has 0 bridgehead atoms. The third kappa shape index (κ3) is 4.93. The molecule has 1 aromatic carbocycles. The molecule has 5 heteroatoms. The molecule has 1 atom stereocenters. The Morgan fingerprint density at radius 2 is 1.79 bits per heavy atom. The van der Waals surface area contributed by atoms with Gasteiger partial charge in [-0.25, -0.2) is 13.1 Å². The smallest absolute Gasteiger partial charge is 0.241 e. The van der Waals surface area contributed by atoms with Crippen LogP contribution in [0.15, 0.2) is 29.2 Å². The van der Waals surface area contributed by atoms with Crippen LogP contribution in [0.4, 0.5) is 0 Å². The zero-order valence-corrected chi connectivity index (χ0v) is 12.9. The van der Waals surface area contributed by atoms with Crippen molar-refractivity contribution in [1.82, 2.24) is 10.0 Å². The molecule has 0 aromatic heterocycles. The van der Waals surface area contributed by atoms with E-state index in [2.05, 4.69) is 17.0 Å². The van der Waals surface area contributed by atoms with Crippen LogP contribution in [0, 0.1) is 0 Å². The maximum Gasteiger partial charge on any atom is 0.241 e. The SMILES string of the molecule is CCNC(C)Cc1ccccc1S(=O)(=O)NC(C)C. The molecule has 0 spiro atoms.